The second kappa shape index (κ2) is 6.12. The van der Waals surface area contributed by atoms with E-state index in [-0.39, 0.29) is 11.9 Å². The molecule has 0 saturated carbocycles. The second-order valence-electron chi connectivity index (χ2n) is 6.51. The normalized spacial score (nSPS) is 16.3. The van der Waals surface area contributed by atoms with Crippen LogP contribution in [0.4, 0.5) is 19.0 Å². The highest BCUT2D eigenvalue weighted by atomic mass is 19.1. The number of hydrogen-bond donors (Lipinski definition) is 0. The molecule has 2 aromatic carbocycles. The third kappa shape index (κ3) is 2.81. The predicted octanol–water partition coefficient (Wildman–Crippen LogP) is 5.36. The average molecular weight is 355 g/mol. The van der Waals surface area contributed by atoms with Gasteiger partial charge in [-0.05, 0) is 49.2 Å². The standard InChI is InChI=1S/C20H16F3N3/c1-11-7-18(14-8-16(22)10-17(23)9-14)26-20(24-11)19(12(2)25-26)13-3-5-15(21)6-4-13/h3-6,8-10,18H,7H2,1-2H3. The van der Waals surface area contributed by atoms with Gasteiger partial charge < -0.3 is 0 Å². The number of rotatable bonds is 2. The van der Waals surface area contributed by atoms with Crippen molar-refractivity contribution in [3.05, 3.63) is 71.2 Å². The Morgan fingerprint density at radius 3 is 2.23 bits per heavy atom. The highest BCUT2D eigenvalue weighted by molar-refractivity contribution is 5.90. The van der Waals surface area contributed by atoms with Crippen LogP contribution in [-0.4, -0.2) is 15.5 Å². The summed E-state index contributed by atoms with van der Waals surface area (Å²) in [4.78, 5) is 4.62. The topological polar surface area (TPSA) is 30.2 Å². The van der Waals surface area contributed by atoms with Crippen molar-refractivity contribution < 1.29 is 13.2 Å². The number of benzene rings is 2. The molecule has 2 heterocycles. The highest BCUT2D eigenvalue weighted by Gasteiger charge is 2.28. The number of halogens is 3. The first kappa shape index (κ1) is 16.6. The van der Waals surface area contributed by atoms with Gasteiger partial charge in [-0.25, -0.2) is 22.8 Å². The molecule has 1 aromatic heterocycles. The summed E-state index contributed by atoms with van der Waals surface area (Å²) in [7, 11) is 0. The van der Waals surface area contributed by atoms with Gasteiger partial charge in [0.2, 0.25) is 0 Å². The van der Waals surface area contributed by atoms with Crippen LogP contribution in [0, 0.1) is 24.4 Å². The van der Waals surface area contributed by atoms with Gasteiger partial charge in [0.05, 0.1) is 11.7 Å². The van der Waals surface area contributed by atoms with Gasteiger partial charge in [0, 0.05) is 23.8 Å². The molecule has 0 bridgehead atoms. The zero-order valence-corrected chi connectivity index (χ0v) is 14.3. The van der Waals surface area contributed by atoms with Crippen LogP contribution < -0.4 is 0 Å². The lowest BCUT2D eigenvalue weighted by Crippen LogP contribution is -2.19. The predicted molar refractivity (Wildman–Crippen MR) is 94.2 cm³/mol. The Bertz CT molecular complexity index is 999. The molecule has 1 aliphatic rings. The summed E-state index contributed by atoms with van der Waals surface area (Å²) in [5, 5.41) is 4.57. The number of fused-ring (bicyclic) bond motifs is 1. The second-order valence-corrected chi connectivity index (χ2v) is 6.51. The Morgan fingerprint density at radius 1 is 0.923 bits per heavy atom. The van der Waals surface area contributed by atoms with Gasteiger partial charge in [-0.2, -0.15) is 5.10 Å². The lowest BCUT2D eigenvalue weighted by molar-refractivity contribution is 0.514. The quantitative estimate of drug-likeness (QED) is 0.608. The van der Waals surface area contributed by atoms with Gasteiger partial charge in [-0.15, -0.1) is 0 Å². The summed E-state index contributed by atoms with van der Waals surface area (Å²) in [6.45, 7) is 3.72. The van der Waals surface area contributed by atoms with Crippen molar-refractivity contribution in [2.75, 3.05) is 0 Å². The van der Waals surface area contributed by atoms with Crippen molar-refractivity contribution in [2.45, 2.75) is 26.3 Å². The third-order valence-electron chi connectivity index (χ3n) is 4.54. The van der Waals surface area contributed by atoms with Crippen molar-refractivity contribution >= 4 is 11.5 Å². The molecular formula is C20H16F3N3. The monoisotopic (exact) mass is 355 g/mol. The Kier molecular flexibility index (Phi) is 3.90. The van der Waals surface area contributed by atoms with E-state index in [0.717, 1.165) is 28.6 Å². The molecule has 4 rings (SSSR count). The van der Waals surface area contributed by atoms with Crippen LogP contribution in [0.15, 0.2) is 47.5 Å². The maximum atomic E-state index is 13.7. The Balaban J connectivity index is 1.89. The molecule has 3 nitrogen and oxygen atoms in total. The van der Waals surface area contributed by atoms with Crippen molar-refractivity contribution in [1.29, 1.82) is 0 Å². The maximum Gasteiger partial charge on any atom is 0.159 e. The zero-order chi connectivity index (χ0) is 18.4. The molecule has 1 unspecified atom stereocenters. The number of aliphatic imine (C=N–C) groups is 1. The first-order valence-corrected chi connectivity index (χ1v) is 8.27. The molecule has 0 N–H and O–H groups in total. The number of hydrogen-bond acceptors (Lipinski definition) is 2. The largest absolute Gasteiger partial charge is 0.239 e. The molecule has 0 saturated heterocycles. The van der Waals surface area contributed by atoms with Gasteiger partial charge in [0.1, 0.15) is 17.5 Å². The number of nitrogens with zero attached hydrogens (tertiary/aromatic N) is 3. The molecule has 0 spiro atoms. The minimum absolute atomic E-state index is 0.319. The van der Waals surface area contributed by atoms with Gasteiger partial charge in [0.25, 0.3) is 0 Å². The Hall–Kier alpha value is -2.89. The van der Waals surface area contributed by atoms with E-state index < -0.39 is 11.6 Å². The van der Waals surface area contributed by atoms with Gasteiger partial charge in [0.15, 0.2) is 5.82 Å². The minimum Gasteiger partial charge on any atom is -0.239 e. The van der Waals surface area contributed by atoms with Crippen LogP contribution in [0.3, 0.4) is 0 Å². The molecule has 0 radical (unpaired) electrons. The molecule has 1 atom stereocenters. The lowest BCUT2D eigenvalue weighted by atomic mass is 9.99. The lowest BCUT2D eigenvalue weighted by Gasteiger charge is -2.24. The van der Waals surface area contributed by atoms with Crippen LogP contribution in [-0.2, 0) is 0 Å². The summed E-state index contributed by atoms with van der Waals surface area (Å²) in [5.74, 6) is -0.943. The summed E-state index contributed by atoms with van der Waals surface area (Å²) >= 11 is 0. The van der Waals surface area contributed by atoms with Crippen molar-refractivity contribution in [3.8, 4) is 11.1 Å². The molecule has 0 amide bonds. The fourth-order valence-electron chi connectivity index (χ4n) is 3.43. The van der Waals surface area contributed by atoms with Crippen LogP contribution in [0.25, 0.3) is 11.1 Å². The van der Waals surface area contributed by atoms with Gasteiger partial charge >= 0.3 is 0 Å². The van der Waals surface area contributed by atoms with E-state index in [4.69, 9.17) is 0 Å². The number of aryl methyl sites for hydroxylation is 1. The third-order valence-corrected chi connectivity index (χ3v) is 4.54. The van der Waals surface area contributed by atoms with Crippen molar-refractivity contribution in [2.24, 2.45) is 4.99 Å². The molecule has 0 fully saturated rings. The summed E-state index contributed by atoms with van der Waals surface area (Å²) < 4.78 is 42.4. The fraction of sp³-hybridized carbons (Fsp3) is 0.200. The average Bonchev–Trinajstić information content (AvgIpc) is 2.90. The summed E-state index contributed by atoms with van der Waals surface area (Å²) in [6.07, 6.45) is 0.514. The zero-order valence-electron chi connectivity index (χ0n) is 14.3. The number of aromatic nitrogens is 2. The maximum absolute atomic E-state index is 13.7. The fourth-order valence-corrected chi connectivity index (χ4v) is 3.43. The van der Waals surface area contributed by atoms with Crippen molar-refractivity contribution in [3.63, 3.8) is 0 Å². The van der Waals surface area contributed by atoms with E-state index in [2.05, 4.69) is 10.1 Å². The smallest absolute Gasteiger partial charge is 0.159 e. The molecule has 1 aliphatic heterocycles. The molecule has 3 aromatic rings. The Labute approximate surface area is 148 Å². The van der Waals surface area contributed by atoms with Crippen LogP contribution >= 0.6 is 0 Å². The van der Waals surface area contributed by atoms with Crippen molar-refractivity contribution in [1.82, 2.24) is 9.78 Å². The molecule has 26 heavy (non-hydrogen) atoms. The van der Waals surface area contributed by atoms with E-state index in [1.807, 2.05) is 13.8 Å². The van der Waals surface area contributed by atoms with Crippen LogP contribution in [0.5, 0.6) is 0 Å². The van der Waals surface area contributed by atoms with Gasteiger partial charge in [-0.3, -0.25) is 0 Å². The highest BCUT2D eigenvalue weighted by Crippen LogP contribution is 2.41. The summed E-state index contributed by atoms with van der Waals surface area (Å²) in [6, 6.07) is 9.28. The van der Waals surface area contributed by atoms with E-state index >= 15 is 0 Å². The molecule has 6 heteroatoms. The Morgan fingerprint density at radius 2 is 1.58 bits per heavy atom. The molecule has 132 valence electrons. The van der Waals surface area contributed by atoms with E-state index in [1.54, 1.807) is 16.8 Å². The van der Waals surface area contributed by atoms with Crippen LogP contribution in [0.2, 0.25) is 0 Å². The van der Waals surface area contributed by atoms with Crippen LogP contribution in [0.1, 0.15) is 30.6 Å². The summed E-state index contributed by atoms with van der Waals surface area (Å²) in [5.41, 5.74) is 3.67. The van der Waals surface area contributed by atoms with E-state index in [9.17, 15) is 13.2 Å². The van der Waals surface area contributed by atoms with Gasteiger partial charge in [-0.1, -0.05) is 12.1 Å². The SMILES string of the molecule is CC1=Nc2c(-c3ccc(F)cc3)c(C)nn2C(c2cc(F)cc(F)c2)C1. The first-order valence-electron chi connectivity index (χ1n) is 8.27. The van der Waals surface area contributed by atoms with E-state index in [1.165, 1.54) is 24.3 Å². The first-order chi connectivity index (χ1) is 12.4. The van der Waals surface area contributed by atoms with E-state index in [0.29, 0.717) is 17.8 Å². The molecular weight excluding hydrogens is 339 g/mol. The molecule has 0 aliphatic carbocycles. The minimum atomic E-state index is -0.621.